The van der Waals surface area contributed by atoms with Crippen molar-refractivity contribution in [1.29, 1.82) is 0 Å². The van der Waals surface area contributed by atoms with E-state index in [1.165, 1.54) is 12.1 Å². The highest BCUT2D eigenvalue weighted by Gasteiger charge is 2.32. The average molecular weight is 359 g/mol. The molecule has 0 radical (unpaired) electrons. The minimum absolute atomic E-state index is 0.0714. The van der Waals surface area contributed by atoms with Crippen LogP contribution in [0.5, 0.6) is 0 Å². The van der Waals surface area contributed by atoms with Crippen molar-refractivity contribution in [3.8, 4) is 0 Å². The smallest absolute Gasteiger partial charge is 0.241 e. The van der Waals surface area contributed by atoms with Crippen LogP contribution in [0.25, 0.3) is 0 Å². The lowest BCUT2D eigenvalue weighted by Crippen LogP contribution is -2.52. The van der Waals surface area contributed by atoms with Gasteiger partial charge in [0.2, 0.25) is 15.9 Å². The summed E-state index contributed by atoms with van der Waals surface area (Å²) in [5, 5.41) is 0.344. The van der Waals surface area contributed by atoms with Crippen LogP contribution in [0.2, 0.25) is 5.02 Å². The van der Waals surface area contributed by atoms with Gasteiger partial charge in [-0.2, -0.15) is 4.72 Å². The van der Waals surface area contributed by atoms with Crippen LogP contribution in [0.1, 0.15) is 33.1 Å². The van der Waals surface area contributed by atoms with E-state index in [2.05, 4.69) is 4.72 Å². The molecule has 128 valence electrons. The van der Waals surface area contributed by atoms with Gasteiger partial charge in [-0.05, 0) is 43.4 Å². The Morgan fingerprint density at radius 1 is 1.22 bits per heavy atom. The minimum atomic E-state index is -3.79. The number of rotatable bonds is 5. The highest BCUT2D eigenvalue weighted by atomic mass is 35.5. The first-order chi connectivity index (χ1) is 10.8. The van der Waals surface area contributed by atoms with Crippen LogP contribution < -0.4 is 4.72 Å². The van der Waals surface area contributed by atoms with E-state index in [4.69, 9.17) is 11.6 Å². The second kappa shape index (κ2) is 7.64. The quantitative estimate of drug-likeness (QED) is 0.879. The third kappa shape index (κ3) is 4.68. The first kappa shape index (κ1) is 18.2. The van der Waals surface area contributed by atoms with Gasteiger partial charge in [0.1, 0.15) is 6.04 Å². The van der Waals surface area contributed by atoms with Crippen LogP contribution in [-0.4, -0.2) is 38.4 Å². The lowest BCUT2D eigenvalue weighted by molar-refractivity contribution is -0.134. The van der Waals surface area contributed by atoms with Crippen LogP contribution in [0.15, 0.2) is 29.2 Å². The zero-order valence-corrected chi connectivity index (χ0v) is 15.0. The molecule has 1 N–H and O–H groups in total. The van der Waals surface area contributed by atoms with Crippen molar-refractivity contribution >= 4 is 27.5 Å². The Morgan fingerprint density at radius 3 is 2.43 bits per heavy atom. The monoisotopic (exact) mass is 358 g/mol. The number of amides is 1. The maximum absolute atomic E-state index is 12.7. The van der Waals surface area contributed by atoms with Crippen LogP contribution in [0.3, 0.4) is 0 Å². The summed E-state index contributed by atoms with van der Waals surface area (Å²) in [5.74, 6) is -0.288. The number of carbonyl (C=O) groups excluding carboxylic acids is 1. The molecule has 1 saturated heterocycles. The molecule has 1 aromatic carbocycles. The van der Waals surface area contributed by atoms with E-state index in [0.717, 1.165) is 19.3 Å². The van der Waals surface area contributed by atoms with Crippen molar-refractivity contribution in [3.63, 3.8) is 0 Å². The largest absolute Gasteiger partial charge is 0.341 e. The molecule has 23 heavy (non-hydrogen) atoms. The van der Waals surface area contributed by atoms with Gasteiger partial charge >= 0.3 is 0 Å². The summed E-state index contributed by atoms with van der Waals surface area (Å²) in [6.07, 6.45) is 3.06. The molecule has 0 spiro atoms. The third-order valence-electron chi connectivity index (χ3n) is 3.99. The summed E-state index contributed by atoms with van der Waals surface area (Å²) >= 11 is 5.87. The lowest BCUT2D eigenvalue weighted by atomic mass is 10.0. The molecule has 0 unspecified atom stereocenters. The summed E-state index contributed by atoms with van der Waals surface area (Å²) in [6, 6.07) is 5.27. The Kier molecular flexibility index (Phi) is 6.06. The lowest BCUT2D eigenvalue weighted by Gasteiger charge is -2.32. The van der Waals surface area contributed by atoms with E-state index in [9.17, 15) is 13.2 Å². The average Bonchev–Trinajstić information content (AvgIpc) is 2.52. The number of halogens is 1. The number of nitrogens with one attached hydrogen (secondary N) is 1. The Bertz CT molecular complexity index is 655. The van der Waals surface area contributed by atoms with Crippen LogP contribution >= 0.6 is 11.6 Å². The Morgan fingerprint density at radius 2 is 1.87 bits per heavy atom. The standard InChI is InChI=1S/C16H23ClN2O3S/c1-12(2)15(16(20)19-9-4-3-5-10-19)18-23(21,22)14-8-6-7-13(17)11-14/h6-8,11-12,15,18H,3-5,9-10H2,1-2H3/t15-/m0/s1. The van der Waals surface area contributed by atoms with Crippen LogP contribution in [-0.2, 0) is 14.8 Å². The highest BCUT2D eigenvalue weighted by Crippen LogP contribution is 2.18. The van der Waals surface area contributed by atoms with E-state index in [1.54, 1.807) is 17.0 Å². The Balaban J connectivity index is 2.19. The summed E-state index contributed by atoms with van der Waals surface area (Å²) in [7, 11) is -3.79. The Hall–Kier alpha value is -1.11. The van der Waals surface area contributed by atoms with Crippen molar-refractivity contribution < 1.29 is 13.2 Å². The molecule has 5 nitrogen and oxygen atoms in total. The fourth-order valence-corrected chi connectivity index (χ4v) is 4.29. The molecule has 1 fully saturated rings. The van der Waals surface area contributed by atoms with Gasteiger partial charge in [0.25, 0.3) is 0 Å². The number of hydrogen-bond donors (Lipinski definition) is 1. The zero-order valence-electron chi connectivity index (χ0n) is 13.5. The molecule has 0 aromatic heterocycles. The topological polar surface area (TPSA) is 66.5 Å². The van der Waals surface area contributed by atoms with Crippen LogP contribution in [0, 0.1) is 5.92 Å². The summed E-state index contributed by atoms with van der Waals surface area (Å²) in [5.41, 5.74) is 0. The third-order valence-corrected chi connectivity index (χ3v) is 5.66. The van der Waals surface area contributed by atoms with Crippen LogP contribution in [0.4, 0.5) is 0 Å². The summed E-state index contributed by atoms with van der Waals surface area (Å²) < 4.78 is 27.6. The number of hydrogen-bond acceptors (Lipinski definition) is 3. The van der Waals surface area contributed by atoms with Crippen molar-refractivity contribution in [2.24, 2.45) is 5.92 Å². The highest BCUT2D eigenvalue weighted by molar-refractivity contribution is 7.89. The molecule has 0 saturated carbocycles. The molecular formula is C16H23ClN2O3S. The molecule has 1 aromatic rings. The molecule has 1 atom stereocenters. The molecular weight excluding hydrogens is 336 g/mol. The fraction of sp³-hybridized carbons (Fsp3) is 0.562. The molecule has 1 amide bonds. The predicted octanol–water partition coefficient (Wildman–Crippen LogP) is 2.66. The number of carbonyl (C=O) groups is 1. The first-order valence-corrected chi connectivity index (χ1v) is 9.74. The number of sulfonamides is 1. The number of piperidine rings is 1. The maximum Gasteiger partial charge on any atom is 0.241 e. The van der Waals surface area contributed by atoms with Gasteiger partial charge in [0.15, 0.2) is 0 Å². The number of benzene rings is 1. The minimum Gasteiger partial charge on any atom is -0.341 e. The van der Waals surface area contributed by atoms with Crippen molar-refractivity contribution in [2.45, 2.75) is 44.0 Å². The van der Waals surface area contributed by atoms with Gasteiger partial charge in [0, 0.05) is 18.1 Å². The van der Waals surface area contributed by atoms with Crippen molar-refractivity contribution in [3.05, 3.63) is 29.3 Å². The second-order valence-corrected chi connectivity index (χ2v) is 8.34. The van der Waals surface area contributed by atoms with E-state index < -0.39 is 16.1 Å². The summed E-state index contributed by atoms with van der Waals surface area (Å²) in [6.45, 7) is 5.07. The van der Waals surface area contributed by atoms with Gasteiger partial charge in [-0.3, -0.25) is 4.79 Å². The molecule has 1 aliphatic heterocycles. The van der Waals surface area contributed by atoms with E-state index >= 15 is 0 Å². The fourth-order valence-electron chi connectivity index (χ4n) is 2.65. The molecule has 1 heterocycles. The number of nitrogens with zero attached hydrogens (tertiary/aromatic N) is 1. The van der Waals surface area contributed by atoms with E-state index in [-0.39, 0.29) is 16.7 Å². The Labute approximate surface area is 143 Å². The van der Waals surface area contributed by atoms with Gasteiger partial charge < -0.3 is 4.90 Å². The van der Waals surface area contributed by atoms with E-state index in [0.29, 0.717) is 18.1 Å². The maximum atomic E-state index is 12.7. The SMILES string of the molecule is CC(C)[C@H](NS(=O)(=O)c1cccc(Cl)c1)C(=O)N1CCCCC1. The molecule has 0 aliphatic carbocycles. The number of likely N-dealkylation sites (tertiary alicyclic amines) is 1. The van der Waals surface area contributed by atoms with Gasteiger partial charge in [0.05, 0.1) is 4.90 Å². The summed E-state index contributed by atoms with van der Waals surface area (Å²) in [4.78, 5) is 14.5. The van der Waals surface area contributed by atoms with Gasteiger partial charge in [-0.25, -0.2) is 8.42 Å². The van der Waals surface area contributed by atoms with Gasteiger partial charge in [-0.1, -0.05) is 31.5 Å². The molecule has 0 bridgehead atoms. The van der Waals surface area contributed by atoms with E-state index in [1.807, 2.05) is 13.8 Å². The molecule has 1 aliphatic rings. The second-order valence-electron chi connectivity index (χ2n) is 6.19. The zero-order chi connectivity index (χ0) is 17.0. The normalized spacial score (nSPS) is 17.3. The predicted molar refractivity (Wildman–Crippen MR) is 90.8 cm³/mol. The van der Waals surface area contributed by atoms with Crippen molar-refractivity contribution in [1.82, 2.24) is 9.62 Å². The van der Waals surface area contributed by atoms with Crippen molar-refractivity contribution in [2.75, 3.05) is 13.1 Å². The molecule has 2 rings (SSSR count). The molecule has 7 heteroatoms. The van der Waals surface area contributed by atoms with Gasteiger partial charge in [-0.15, -0.1) is 0 Å². The first-order valence-electron chi connectivity index (χ1n) is 7.88.